The van der Waals surface area contributed by atoms with Crippen molar-refractivity contribution in [3.8, 4) is 0 Å². The molecule has 5 nitrogen and oxygen atoms in total. The van der Waals surface area contributed by atoms with Crippen molar-refractivity contribution in [1.82, 2.24) is 15.0 Å². The van der Waals surface area contributed by atoms with Gasteiger partial charge in [0, 0.05) is 37.1 Å². The van der Waals surface area contributed by atoms with Gasteiger partial charge in [0.15, 0.2) is 0 Å². The number of carbonyl (C=O) groups excluding carboxylic acids is 1. The molecule has 0 fully saturated rings. The molecule has 1 aliphatic rings. The van der Waals surface area contributed by atoms with E-state index in [0.717, 1.165) is 16.1 Å². The third kappa shape index (κ3) is 3.43. The van der Waals surface area contributed by atoms with Gasteiger partial charge in [0.2, 0.25) is 5.91 Å². The van der Waals surface area contributed by atoms with Gasteiger partial charge in [-0.15, -0.1) is 5.01 Å². The first kappa shape index (κ1) is 18.0. The van der Waals surface area contributed by atoms with Gasteiger partial charge in [-0.2, -0.15) is 8.78 Å². The average molecular weight is 358 g/mol. The molecule has 0 radical (unpaired) electrons. The number of nitrogens with zero attached hydrogens (tertiary/aromatic N) is 3. The molecule has 1 aliphatic heterocycles. The molecule has 2 heterocycles. The lowest BCUT2D eigenvalue weighted by atomic mass is 9.91. The summed E-state index contributed by atoms with van der Waals surface area (Å²) in [6.07, 6.45) is 3.56. The van der Waals surface area contributed by atoms with E-state index in [0.29, 0.717) is 17.7 Å². The summed E-state index contributed by atoms with van der Waals surface area (Å²) in [6.45, 7) is -2.71. The van der Waals surface area contributed by atoms with Gasteiger partial charge < -0.3 is 10.7 Å². The van der Waals surface area contributed by atoms with Gasteiger partial charge >= 0.3 is 6.55 Å². The van der Waals surface area contributed by atoms with E-state index >= 15 is 0 Å². The molecule has 136 valence electrons. The van der Waals surface area contributed by atoms with Crippen molar-refractivity contribution < 1.29 is 13.6 Å². The molecule has 1 atom stereocenters. The monoisotopic (exact) mass is 358 g/mol. The Balaban J connectivity index is 2.16. The Morgan fingerprint density at radius 3 is 2.42 bits per heavy atom. The number of amides is 1. The van der Waals surface area contributed by atoms with E-state index in [9.17, 15) is 13.6 Å². The van der Waals surface area contributed by atoms with Crippen LogP contribution in [0.4, 0.5) is 8.78 Å². The number of hydrazine groups is 1. The van der Waals surface area contributed by atoms with Crippen molar-refractivity contribution in [3.63, 3.8) is 0 Å². The first-order chi connectivity index (χ1) is 12.5. The molecule has 0 bridgehead atoms. The SMILES string of the molecule is CN1C(CCC(N)=O)=C(c2ccccc2)C(c2ccncc2)N1C(F)F. The summed E-state index contributed by atoms with van der Waals surface area (Å²) in [4.78, 5) is 15.3. The number of halogens is 2. The standard InChI is InChI=1S/C19H20F2N4O/c1-24-15(7-8-16(22)26)17(13-5-3-2-4-6-13)18(25(24)19(20)21)14-9-11-23-12-10-14/h2-6,9-12,18-19H,7-8H2,1H3,(H2,22,26). The van der Waals surface area contributed by atoms with Gasteiger partial charge in [-0.05, 0) is 29.7 Å². The summed E-state index contributed by atoms with van der Waals surface area (Å²) >= 11 is 0. The van der Waals surface area contributed by atoms with Crippen molar-refractivity contribution >= 4 is 11.5 Å². The molecule has 1 amide bonds. The van der Waals surface area contributed by atoms with Crippen molar-refractivity contribution in [2.75, 3.05) is 7.05 Å². The third-order valence-corrected chi connectivity index (χ3v) is 4.50. The summed E-state index contributed by atoms with van der Waals surface area (Å²) in [7, 11) is 1.59. The number of primary amides is 1. The Hall–Kier alpha value is -2.80. The zero-order valence-corrected chi connectivity index (χ0v) is 14.3. The minimum Gasteiger partial charge on any atom is -0.370 e. The van der Waals surface area contributed by atoms with Crippen LogP contribution < -0.4 is 5.73 Å². The maximum absolute atomic E-state index is 13.9. The zero-order chi connectivity index (χ0) is 18.7. The molecule has 2 N–H and O–H groups in total. The van der Waals surface area contributed by atoms with Crippen LogP contribution in [0.3, 0.4) is 0 Å². The number of hydrogen-bond donors (Lipinski definition) is 1. The normalized spacial score (nSPS) is 18.0. The number of benzene rings is 1. The summed E-state index contributed by atoms with van der Waals surface area (Å²) in [5, 5.41) is 2.47. The van der Waals surface area contributed by atoms with Crippen LogP contribution in [0.1, 0.15) is 30.0 Å². The molecular weight excluding hydrogens is 338 g/mol. The van der Waals surface area contributed by atoms with Crippen molar-refractivity contribution in [2.24, 2.45) is 5.73 Å². The van der Waals surface area contributed by atoms with Crippen molar-refractivity contribution in [3.05, 3.63) is 71.7 Å². The molecule has 7 heteroatoms. The second kappa shape index (κ2) is 7.61. The lowest BCUT2D eigenvalue weighted by Gasteiger charge is -2.32. The number of alkyl halides is 2. The van der Waals surface area contributed by atoms with Crippen molar-refractivity contribution in [2.45, 2.75) is 25.4 Å². The summed E-state index contributed by atoms with van der Waals surface area (Å²) in [5.41, 5.74) is 8.25. The predicted octanol–water partition coefficient (Wildman–Crippen LogP) is 3.18. The maximum atomic E-state index is 13.9. The van der Waals surface area contributed by atoms with E-state index in [1.165, 1.54) is 5.01 Å². The molecule has 0 saturated carbocycles. The molecule has 1 aromatic heterocycles. The van der Waals surface area contributed by atoms with Gasteiger partial charge in [0.1, 0.15) is 0 Å². The number of pyridine rings is 1. The van der Waals surface area contributed by atoms with Gasteiger partial charge in [-0.3, -0.25) is 9.78 Å². The average Bonchev–Trinajstić information content (AvgIpc) is 2.94. The fraction of sp³-hybridized carbons (Fsp3) is 0.263. The van der Waals surface area contributed by atoms with Crippen LogP contribution >= 0.6 is 0 Å². The van der Waals surface area contributed by atoms with Gasteiger partial charge in [0.25, 0.3) is 0 Å². The van der Waals surface area contributed by atoms with Crippen LogP contribution in [0.15, 0.2) is 60.6 Å². The minimum absolute atomic E-state index is 0.0934. The van der Waals surface area contributed by atoms with Gasteiger partial charge in [0.05, 0.1) is 6.04 Å². The highest BCUT2D eigenvalue weighted by atomic mass is 19.3. The molecule has 3 rings (SSSR count). The minimum atomic E-state index is -2.71. The van der Waals surface area contributed by atoms with Gasteiger partial charge in [-0.25, -0.2) is 0 Å². The first-order valence-corrected chi connectivity index (χ1v) is 8.27. The number of nitrogens with two attached hydrogens (primary N) is 1. The molecule has 0 saturated heterocycles. The molecule has 1 unspecified atom stereocenters. The third-order valence-electron chi connectivity index (χ3n) is 4.50. The molecular formula is C19H20F2N4O. The van der Waals surface area contributed by atoms with Crippen LogP contribution in [0.5, 0.6) is 0 Å². The highest BCUT2D eigenvalue weighted by Crippen LogP contribution is 2.47. The van der Waals surface area contributed by atoms with E-state index in [1.807, 2.05) is 30.3 Å². The lowest BCUT2D eigenvalue weighted by Crippen LogP contribution is -2.40. The number of rotatable bonds is 6. The van der Waals surface area contributed by atoms with Gasteiger partial charge in [-0.1, -0.05) is 30.3 Å². The number of carbonyl (C=O) groups is 1. The number of hydrogen-bond acceptors (Lipinski definition) is 4. The predicted molar refractivity (Wildman–Crippen MR) is 94.4 cm³/mol. The molecule has 26 heavy (non-hydrogen) atoms. The number of allylic oxidation sites excluding steroid dienone is 1. The van der Waals surface area contributed by atoms with E-state index < -0.39 is 18.5 Å². The Morgan fingerprint density at radius 1 is 1.19 bits per heavy atom. The van der Waals surface area contributed by atoms with Crippen LogP contribution in [0, 0.1) is 0 Å². The van der Waals surface area contributed by atoms with E-state index in [-0.39, 0.29) is 6.42 Å². The second-order valence-corrected chi connectivity index (χ2v) is 6.06. The number of aromatic nitrogens is 1. The summed E-state index contributed by atoms with van der Waals surface area (Å²) in [6, 6.07) is 12.2. The Kier molecular flexibility index (Phi) is 5.27. The molecule has 1 aromatic carbocycles. The maximum Gasteiger partial charge on any atom is 0.311 e. The van der Waals surface area contributed by atoms with E-state index in [1.54, 1.807) is 31.6 Å². The van der Waals surface area contributed by atoms with Crippen LogP contribution in [0.25, 0.3) is 5.57 Å². The highest BCUT2D eigenvalue weighted by Gasteiger charge is 2.42. The zero-order valence-electron chi connectivity index (χ0n) is 14.3. The summed E-state index contributed by atoms with van der Waals surface area (Å²) in [5.74, 6) is -0.464. The first-order valence-electron chi connectivity index (χ1n) is 8.27. The topological polar surface area (TPSA) is 62.5 Å². The fourth-order valence-corrected chi connectivity index (χ4v) is 3.37. The molecule has 0 aliphatic carbocycles. The van der Waals surface area contributed by atoms with Crippen LogP contribution in [-0.4, -0.2) is 34.5 Å². The molecule has 0 spiro atoms. The Bertz CT molecular complexity index is 796. The Morgan fingerprint density at radius 2 is 1.85 bits per heavy atom. The molecule has 2 aromatic rings. The van der Waals surface area contributed by atoms with Crippen LogP contribution in [0.2, 0.25) is 0 Å². The smallest absolute Gasteiger partial charge is 0.311 e. The largest absolute Gasteiger partial charge is 0.370 e. The Labute approximate surface area is 150 Å². The van der Waals surface area contributed by atoms with Crippen LogP contribution in [-0.2, 0) is 4.79 Å². The van der Waals surface area contributed by atoms with E-state index in [2.05, 4.69) is 4.98 Å². The lowest BCUT2D eigenvalue weighted by molar-refractivity contribution is -0.138. The highest BCUT2D eigenvalue weighted by molar-refractivity contribution is 5.78. The quantitative estimate of drug-likeness (QED) is 0.806. The van der Waals surface area contributed by atoms with E-state index in [4.69, 9.17) is 5.73 Å². The van der Waals surface area contributed by atoms with Crippen molar-refractivity contribution in [1.29, 1.82) is 0 Å². The fourth-order valence-electron chi connectivity index (χ4n) is 3.37. The second-order valence-electron chi connectivity index (χ2n) is 6.06. The summed E-state index contributed by atoms with van der Waals surface area (Å²) < 4.78 is 27.9.